The fourth-order valence-electron chi connectivity index (χ4n) is 12.2. The fourth-order valence-corrected chi connectivity index (χ4v) is 12.2. The van der Waals surface area contributed by atoms with Crippen LogP contribution in [0, 0.1) is 17.7 Å². The van der Waals surface area contributed by atoms with Crippen LogP contribution in [-0.4, -0.2) is 70.0 Å². The first-order valence-corrected chi connectivity index (χ1v) is 22.9. The van der Waals surface area contributed by atoms with Gasteiger partial charge in [0, 0.05) is 78.3 Å². The van der Waals surface area contributed by atoms with Gasteiger partial charge < -0.3 is 18.9 Å². The van der Waals surface area contributed by atoms with Crippen molar-refractivity contribution in [2.24, 2.45) is 11.8 Å². The molecule has 4 aromatic heterocycles. The number of aromatic nitrogens is 4. The lowest BCUT2D eigenvalue weighted by Crippen LogP contribution is -2.49. The molecule has 4 fully saturated rings. The number of nitrogens with zero attached hydrogens (tertiary/aromatic N) is 4. The number of hydrogen-bond acceptors (Lipinski definition) is 10. The van der Waals surface area contributed by atoms with Crippen molar-refractivity contribution in [1.29, 1.82) is 0 Å². The van der Waals surface area contributed by atoms with Crippen molar-refractivity contribution in [2.45, 2.75) is 112 Å². The zero-order chi connectivity index (χ0) is 42.9. The third kappa shape index (κ3) is 8.18. The maximum absolute atomic E-state index is 13.4. The number of carbonyl (C=O) groups is 2. The quantitative estimate of drug-likeness (QED) is 0.116. The molecule has 1 aromatic carbocycles. The Morgan fingerprint density at radius 1 is 0.651 bits per heavy atom. The largest absolute Gasteiger partial charge is 0.348 e. The third-order valence-corrected chi connectivity index (χ3v) is 15.2. The van der Waals surface area contributed by atoms with Crippen LogP contribution in [0.3, 0.4) is 0 Å². The second kappa shape index (κ2) is 17.5. The van der Waals surface area contributed by atoms with Gasteiger partial charge in [0.1, 0.15) is 17.2 Å². The topological polar surface area (TPSA) is 123 Å². The number of hydrogen-bond donors (Lipinski definition) is 0. The zero-order valence-electron chi connectivity index (χ0n) is 35.8. The Hall–Kier alpha value is -5.07. The molecule has 63 heavy (non-hydrogen) atoms. The van der Waals surface area contributed by atoms with Crippen molar-refractivity contribution in [3.8, 4) is 0 Å². The summed E-state index contributed by atoms with van der Waals surface area (Å²) in [5.74, 6) is -0.579. The Balaban J connectivity index is 0.000000153. The lowest BCUT2D eigenvalue weighted by molar-refractivity contribution is -0.199. The molecule has 4 aliphatic carbocycles. The zero-order valence-corrected chi connectivity index (χ0v) is 35.8. The molecule has 11 rings (SSSR count). The molecule has 2 saturated carbocycles. The number of rotatable bonds is 7. The summed E-state index contributed by atoms with van der Waals surface area (Å²) in [6.07, 6.45) is 21.9. The Morgan fingerprint density at radius 3 is 1.68 bits per heavy atom. The van der Waals surface area contributed by atoms with Crippen LogP contribution in [-0.2, 0) is 55.5 Å². The first kappa shape index (κ1) is 41.9. The Kier molecular flexibility index (Phi) is 11.6. The summed E-state index contributed by atoms with van der Waals surface area (Å²) in [5, 5.41) is 0. The summed E-state index contributed by atoms with van der Waals surface area (Å²) in [7, 11) is 0. The SMILES string of the molecule is O=C(c1ccc(F)cc1)c1cc2c(cn1)[C@]1(Cc3ccccn3)CCC3(C[C@H]1CCC2)OCCO3.O=Cc1cc2c(cn1)[C@]1(Cc3ccccn3)CCC3(C[C@H]1CCC2)OCCO3. The number of ether oxygens (including phenoxy) is 4. The van der Waals surface area contributed by atoms with Crippen molar-refractivity contribution in [3.05, 3.63) is 154 Å². The molecule has 2 spiro atoms. The predicted octanol–water partition coefficient (Wildman–Crippen LogP) is 8.86. The monoisotopic (exact) mass is 850 g/mol. The second-order valence-electron chi connectivity index (χ2n) is 18.6. The number of halogens is 1. The number of pyridine rings is 4. The molecule has 6 heterocycles. The van der Waals surface area contributed by atoms with Gasteiger partial charge in [0.25, 0.3) is 0 Å². The number of ketones is 1. The summed E-state index contributed by atoms with van der Waals surface area (Å²) in [6, 6.07) is 21.9. The average Bonchev–Trinajstić information content (AvgIpc) is 3.91. The van der Waals surface area contributed by atoms with E-state index in [-0.39, 0.29) is 22.4 Å². The van der Waals surface area contributed by atoms with E-state index in [1.165, 1.54) is 46.5 Å². The highest BCUT2D eigenvalue weighted by Gasteiger charge is 2.55. The summed E-state index contributed by atoms with van der Waals surface area (Å²) in [4.78, 5) is 42.9. The molecule has 6 aliphatic rings. The smallest absolute Gasteiger partial charge is 0.211 e. The van der Waals surface area contributed by atoms with E-state index in [0.717, 1.165) is 108 Å². The van der Waals surface area contributed by atoms with Crippen LogP contribution >= 0.6 is 0 Å². The molecule has 10 nitrogen and oxygen atoms in total. The first-order valence-electron chi connectivity index (χ1n) is 22.9. The Morgan fingerprint density at radius 2 is 1.17 bits per heavy atom. The van der Waals surface area contributed by atoms with Gasteiger partial charge >= 0.3 is 0 Å². The van der Waals surface area contributed by atoms with E-state index >= 15 is 0 Å². The highest BCUT2D eigenvalue weighted by atomic mass is 19.1. The van der Waals surface area contributed by atoms with E-state index in [0.29, 0.717) is 55.2 Å². The first-order chi connectivity index (χ1) is 30.8. The van der Waals surface area contributed by atoms with Crippen LogP contribution in [0.5, 0.6) is 0 Å². The Labute approximate surface area is 368 Å². The van der Waals surface area contributed by atoms with Crippen LogP contribution < -0.4 is 0 Å². The lowest BCUT2D eigenvalue weighted by atomic mass is 9.58. The van der Waals surface area contributed by atoms with Gasteiger partial charge in [0.15, 0.2) is 17.9 Å². The molecule has 5 aromatic rings. The molecule has 2 aliphatic heterocycles. The summed E-state index contributed by atoms with van der Waals surface area (Å²) in [6.45, 7) is 2.71. The molecule has 0 bridgehead atoms. The molecule has 0 amide bonds. The summed E-state index contributed by atoms with van der Waals surface area (Å²) >= 11 is 0. The van der Waals surface area contributed by atoms with E-state index in [4.69, 9.17) is 18.9 Å². The number of aldehydes is 1. The highest BCUT2D eigenvalue weighted by molar-refractivity contribution is 6.07. The van der Waals surface area contributed by atoms with Crippen LogP contribution in [0.25, 0.3) is 0 Å². The average molecular weight is 851 g/mol. The normalized spacial score (nSPS) is 26.5. The van der Waals surface area contributed by atoms with Gasteiger partial charge in [-0.25, -0.2) is 4.39 Å². The van der Waals surface area contributed by atoms with Crippen LogP contribution in [0.2, 0.25) is 0 Å². The van der Waals surface area contributed by atoms with Gasteiger partial charge in [-0.3, -0.25) is 29.5 Å². The van der Waals surface area contributed by atoms with Crippen LogP contribution in [0.4, 0.5) is 4.39 Å². The van der Waals surface area contributed by atoms with Crippen molar-refractivity contribution < 1.29 is 32.9 Å². The molecule has 0 unspecified atom stereocenters. The molecule has 2 saturated heterocycles. The van der Waals surface area contributed by atoms with Crippen LogP contribution in [0.15, 0.2) is 97.6 Å². The van der Waals surface area contributed by atoms with Gasteiger partial charge in [0.2, 0.25) is 5.78 Å². The minimum absolute atomic E-state index is 0.0326. The standard InChI is InChI=1S/C29H29FN2O3.C23H26N2O3/c30-23-9-7-20(8-10-23)27(33)26-16-21-4-3-5-22-17-29(34-14-15-35-29)12-11-28(22,25(21)19-32-26)18-24-6-1-2-13-31-24;26-16-20-12-17-4-3-5-18-13-23(27-10-11-28-23)8-7-22(18,21(17)15-25-20)14-19-6-1-2-9-24-19/h1-2,6-10,13,16,19,22H,3-5,11-12,14-15,17-18H2;1-2,6,9,12,15-16,18H,3-5,7-8,10-11,13-14H2/t22-,28+;18-,22+/m11/s1. The van der Waals surface area contributed by atoms with Gasteiger partial charge in [-0.1, -0.05) is 12.1 Å². The predicted molar refractivity (Wildman–Crippen MR) is 233 cm³/mol. The highest BCUT2D eigenvalue weighted by Crippen LogP contribution is 2.56. The maximum atomic E-state index is 13.4. The minimum atomic E-state index is -0.464. The van der Waals surface area contributed by atoms with E-state index in [1.54, 1.807) is 0 Å². The Bertz CT molecular complexity index is 2420. The van der Waals surface area contributed by atoms with Crippen LogP contribution in [0.1, 0.15) is 124 Å². The number of carbonyl (C=O) groups excluding carboxylic acids is 2. The van der Waals surface area contributed by atoms with Crippen molar-refractivity contribution in [3.63, 3.8) is 0 Å². The maximum Gasteiger partial charge on any atom is 0.211 e. The molecule has 4 atom stereocenters. The van der Waals surface area contributed by atoms with Gasteiger partial charge in [-0.2, -0.15) is 0 Å². The lowest BCUT2D eigenvalue weighted by Gasteiger charge is -2.49. The van der Waals surface area contributed by atoms with Crippen molar-refractivity contribution in [1.82, 2.24) is 19.9 Å². The molecule has 0 N–H and O–H groups in total. The third-order valence-electron chi connectivity index (χ3n) is 15.2. The fraction of sp³-hybridized carbons (Fsp3) is 0.462. The van der Waals surface area contributed by atoms with E-state index in [9.17, 15) is 14.0 Å². The number of aryl methyl sites for hydroxylation is 2. The van der Waals surface area contributed by atoms with Crippen molar-refractivity contribution in [2.75, 3.05) is 26.4 Å². The number of fused-ring (bicyclic) bond motifs is 6. The van der Waals surface area contributed by atoms with Gasteiger partial charge in [-0.05, 0) is 159 Å². The van der Waals surface area contributed by atoms with Gasteiger partial charge in [-0.15, -0.1) is 0 Å². The summed E-state index contributed by atoms with van der Waals surface area (Å²) < 4.78 is 37.8. The van der Waals surface area contributed by atoms with Crippen molar-refractivity contribution >= 4 is 12.1 Å². The van der Waals surface area contributed by atoms with Gasteiger partial charge in [0.05, 0.1) is 26.4 Å². The number of benzene rings is 1. The molecule has 0 radical (unpaired) electrons. The van der Waals surface area contributed by atoms with E-state index in [1.807, 2.05) is 55.1 Å². The molecular formula is C52H55FN4O6. The minimum Gasteiger partial charge on any atom is -0.348 e. The van der Waals surface area contributed by atoms with E-state index < -0.39 is 11.6 Å². The molecule has 11 heteroatoms. The van der Waals surface area contributed by atoms with E-state index in [2.05, 4.69) is 38.1 Å². The summed E-state index contributed by atoms with van der Waals surface area (Å²) in [5.41, 5.74) is 8.41. The second-order valence-corrected chi connectivity index (χ2v) is 18.6. The molecular weight excluding hydrogens is 796 g/mol. The molecule has 326 valence electrons.